The minimum Gasteiger partial charge on any atom is -0.475 e. The van der Waals surface area contributed by atoms with Crippen LogP contribution in [0.3, 0.4) is 0 Å². The number of aliphatic carboxylic acids is 1. The normalized spacial score (nSPS) is 23.2. The number of methoxy groups -OCH3 is 1. The summed E-state index contributed by atoms with van der Waals surface area (Å²) < 4.78 is 37.9. The maximum atomic E-state index is 13.7. The first kappa shape index (κ1) is 27.6. The maximum Gasteiger partial charge on any atom is 0.490 e. The molecule has 1 heterocycles. The number of benzene rings is 2. The molecule has 196 valence electrons. The van der Waals surface area contributed by atoms with Crippen molar-refractivity contribution in [3.05, 3.63) is 89.5 Å². The number of rotatable bonds is 5. The van der Waals surface area contributed by atoms with Crippen LogP contribution in [0.4, 0.5) is 13.2 Å². The van der Waals surface area contributed by atoms with Crippen molar-refractivity contribution in [1.29, 1.82) is 0 Å². The monoisotopic (exact) mass is 516 g/mol. The Bertz CT molecular complexity index is 1260. The summed E-state index contributed by atoms with van der Waals surface area (Å²) in [4.78, 5) is 28.7. The molecule has 1 aliphatic carbocycles. The average Bonchev–Trinajstić information content (AvgIpc) is 3.14. The van der Waals surface area contributed by atoms with E-state index in [1.54, 1.807) is 14.2 Å². The molecule has 2 unspecified atom stereocenters. The quantitative estimate of drug-likeness (QED) is 0.560. The number of carbonyl (C=O) groups excluding carboxylic acids is 1. The zero-order valence-electron chi connectivity index (χ0n) is 20.2. The number of carbonyl (C=O) groups is 2. The standard InChI is InChI=1S/C24H26N4O2.C2HF3O2/c1-28-21(29)24(27-22(28)26,20-12-6-8-17(14-20)16-25)23(30-2)13-7-11-19(15-23)18-9-4-3-5-10-18;3-2(4,5)1(6)7/h3-14H,15-16,25H2,1-2H3,(H2,26,27);(H,6,7). The van der Waals surface area contributed by atoms with Gasteiger partial charge >= 0.3 is 12.1 Å². The van der Waals surface area contributed by atoms with Crippen LogP contribution >= 0.6 is 0 Å². The van der Waals surface area contributed by atoms with Crippen molar-refractivity contribution in [2.75, 3.05) is 14.2 Å². The molecule has 2 aromatic carbocycles. The second-order valence-corrected chi connectivity index (χ2v) is 8.44. The Kier molecular flexibility index (Phi) is 7.89. The van der Waals surface area contributed by atoms with Gasteiger partial charge < -0.3 is 21.3 Å². The largest absolute Gasteiger partial charge is 0.490 e. The number of nitrogens with zero attached hydrogens (tertiary/aromatic N) is 2. The number of carboxylic acids is 1. The minimum absolute atomic E-state index is 0.166. The third-order valence-corrected chi connectivity index (χ3v) is 6.30. The Labute approximate surface area is 211 Å². The fourth-order valence-corrected chi connectivity index (χ4v) is 4.38. The van der Waals surface area contributed by atoms with Crippen molar-refractivity contribution in [1.82, 2.24) is 4.90 Å². The predicted molar refractivity (Wildman–Crippen MR) is 132 cm³/mol. The lowest BCUT2D eigenvalue weighted by Crippen LogP contribution is -2.57. The van der Waals surface area contributed by atoms with Gasteiger partial charge in [0.1, 0.15) is 5.60 Å². The number of allylic oxidation sites excluding steroid dienone is 2. The number of amides is 1. The first-order valence-corrected chi connectivity index (χ1v) is 11.1. The van der Waals surface area contributed by atoms with Crippen LogP contribution in [0, 0.1) is 0 Å². The highest BCUT2D eigenvalue weighted by Crippen LogP contribution is 2.50. The first-order chi connectivity index (χ1) is 17.4. The van der Waals surface area contributed by atoms with Gasteiger partial charge in [-0.2, -0.15) is 13.2 Å². The van der Waals surface area contributed by atoms with Gasteiger partial charge in [-0.1, -0.05) is 66.7 Å². The summed E-state index contributed by atoms with van der Waals surface area (Å²) in [6.45, 7) is 0.359. The van der Waals surface area contributed by atoms with E-state index in [1.807, 2.05) is 72.8 Å². The topological polar surface area (TPSA) is 131 Å². The molecule has 0 aromatic heterocycles. The van der Waals surface area contributed by atoms with Crippen LogP contribution in [0.15, 0.2) is 77.8 Å². The molecule has 2 atom stereocenters. The Morgan fingerprint density at radius 1 is 1.19 bits per heavy atom. The molecular formula is C26H27F3N4O4. The van der Waals surface area contributed by atoms with Crippen LogP contribution in [0.1, 0.15) is 23.1 Å². The number of hydrogen-bond donors (Lipinski definition) is 3. The molecule has 5 N–H and O–H groups in total. The van der Waals surface area contributed by atoms with E-state index in [1.165, 1.54) is 4.90 Å². The smallest absolute Gasteiger partial charge is 0.475 e. The zero-order chi connectivity index (χ0) is 27.4. The van der Waals surface area contributed by atoms with Gasteiger partial charge in [-0.15, -0.1) is 0 Å². The third kappa shape index (κ3) is 5.13. The number of alkyl halides is 3. The number of likely N-dealkylation sites (N-methyl/N-ethyl adjacent to an activating group) is 1. The number of aliphatic imine (C=N–C) groups is 1. The molecule has 0 radical (unpaired) electrons. The summed E-state index contributed by atoms with van der Waals surface area (Å²) in [5.41, 5.74) is 13.4. The van der Waals surface area contributed by atoms with Gasteiger partial charge in [-0.3, -0.25) is 9.69 Å². The molecule has 1 aliphatic heterocycles. The Morgan fingerprint density at radius 3 is 2.35 bits per heavy atom. The fraction of sp³-hybridized carbons (Fsp3) is 0.269. The molecule has 4 rings (SSSR count). The van der Waals surface area contributed by atoms with E-state index >= 15 is 0 Å². The van der Waals surface area contributed by atoms with Crippen LogP contribution < -0.4 is 11.5 Å². The van der Waals surface area contributed by atoms with Crippen LogP contribution in [0.5, 0.6) is 0 Å². The fourth-order valence-electron chi connectivity index (χ4n) is 4.38. The van der Waals surface area contributed by atoms with Crippen molar-refractivity contribution >= 4 is 23.4 Å². The minimum atomic E-state index is -5.08. The van der Waals surface area contributed by atoms with Crippen molar-refractivity contribution in [3.8, 4) is 0 Å². The third-order valence-electron chi connectivity index (χ3n) is 6.30. The van der Waals surface area contributed by atoms with E-state index in [0.717, 1.165) is 16.7 Å². The molecule has 2 aliphatic rings. The second kappa shape index (κ2) is 10.6. The number of hydrogen-bond acceptors (Lipinski definition) is 6. The molecule has 0 spiro atoms. The predicted octanol–water partition coefficient (Wildman–Crippen LogP) is 3.19. The second-order valence-electron chi connectivity index (χ2n) is 8.44. The van der Waals surface area contributed by atoms with Gasteiger partial charge in [0.15, 0.2) is 5.96 Å². The van der Waals surface area contributed by atoms with Gasteiger partial charge in [-0.25, -0.2) is 9.79 Å². The molecule has 8 nitrogen and oxygen atoms in total. The lowest BCUT2D eigenvalue weighted by molar-refractivity contribution is -0.192. The molecule has 1 amide bonds. The van der Waals surface area contributed by atoms with Gasteiger partial charge in [0.2, 0.25) is 5.54 Å². The van der Waals surface area contributed by atoms with Crippen LogP contribution in [0.25, 0.3) is 5.57 Å². The van der Waals surface area contributed by atoms with Gasteiger partial charge in [-0.05, 0) is 28.3 Å². The summed E-state index contributed by atoms with van der Waals surface area (Å²) in [6, 6.07) is 17.7. The molecule has 37 heavy (non-hydrogen) atoms. The number of carboxylic acid groups (broad SMARTS) is 1. The van der Waals surface area contributed by atoms with E-state index in [9.17, 15) is 18.0 Å². The number of nitrogens with two attached hydrogens (primary N) is 2. The van der Waals surface area contributed by atoms with Crippen LogP contribution in [-0.4, -0.2) is 53.8 Å². The summed E-state index contributed by atoms with van der Waals surface area (Å²) in [6.07, 6.45) is 1.28. The van der Waals surface area contributed by atoms with E-state index in [4.69, 9.17) is 31.1 Å². The van der Waals surface area contributed by atoms with Crippen molar-refractivity contribution in [3.63, 3.8) is 0 Å². The molecular weight excluding hydrogens is 489 g/mol. The first-order valence-electron chi connectivity index (χ1n) is 11.1. The Balaban J connectivity index is 0.000000479. The molecule has 11 heteroatoms. The highest BCUT2D eigenvalue weighted by molar-refractivity contribution is 6.08. The maximum absolute atomic E-state index is 13.7. The summed E-state index contributed by atoms with van der Waals surface area (Å²) in [5.74, 6) is -2.82. The van der Waals surface area contributed by atoms with E-state index < -0.39 is 23.3 Å². The van der Waals surface area contributed by atoms with Crippen LogP contribution in [-0.2, 0) is 26.4 Å². The summed E-state index contributed by atoms with van der Waals surface area (Å²) in [7, 11) is 3.25. The SMILES string of the molecule is COC1(C2(c3cccc(CN)c3)N=C(N)N(C)C2=O)C=CC=C(c2ccccc2)C1.O=C(O)C(F)(F)F. The summed E-state index contributed by atoms with van der Waals surface area (Å²) >= 11 is 0. The summed E-state index contributed by atoms with van der Waals surface area (Å²) in [5, 5.41) is 7.12. The highest BCUT2D eigenvalue weighted by Gasteiger charge is 2.62. The number of halogens is 3. The van der Waals surface area contributed by atoms with Crippen molar-refractivity contribution in [2.45, 2.75) is 30.3 Å². The molecule has 0 bridgehead atoms. The van der Waals surface area contributed by atoms with Crippen molar-refractivity contribution in [2.24, 2.45) is 16.5 Å². The lowest BCUT2D eigenvalue weighted by atomic mass is 9.68. The van der Waals surface area contributed by atoms with Crippen molar-refractivity contribution < 1.29 is 32.6 Å². The lowest BCUT2D eigenvalue weighted by Gasteiger charge is -2.44. The van der Waals surface area contributed by atoms with Gasteiger partial charge in [0, 0.05) is 27.1 Å². The zero-order valence-corrected chi connectivity index (χ0v) is 20.2. The highest BCUT2D eigenvalue weighted by atomic mass is 19.4. The Morgan fingerprint density at radius 2 is 1.84 bits per heavy atom. The molecule has 2 aromatic rings. The van der Waals surface area contributed by atoms with Gasteiger partial charge in [0.05, 0.1) is 0 Å². The molecule has 0 saturated carbocycles. The van der Waals surface area contributed by atoms with Crippen LogP contribution in [0.2, 0.25) is 0 Å². The van der Waals surface area contributed by atoms with E-state index in [-0.39, 0.29) is 11.9 Å². The average molecular weight is 517 g/mol. The Hall–Kier alpha value is -3.96. The number of guanidine groups is 1. The van der Waals surface area contributed by atoms with Gasteiger partial charge in [0.25, 0.3) is 5.91 Å². The van der Waals surface area contributed by atoms with E-state index in [0.29, 0.717) is 18.5 Å². The molecule has 0 saturated heterocycles. The molecule has 0 fully saturated rings. The number of ether oxygens (including phenoxy) is 1. The van der Waals surface area contributed by atoms with E-state index in [2.05, 4.69) is 0 Å².